The quantitative estimate of drug-likeness (QED) is 0.240. The number of rotatable bonds is 6. The molecule has 6 unspecified atom stereocenters. The summed E-state index contributed by atoms with van der Waals surface area (Å²) < 4.78 is 26.4. The van der Waals surface area contributed by atoms with E-state index in [9.17, 15) is 29.1 Å². The molecule has 1 N–H and O–H groups in total. The maximum Gasteiger partial charge on any atom is 0.342 e. The maximum absolute atomic E-state index is 13.2. The van der Waals surface area contributed by atoms with E-state index in [0.717, 1.165) is 33.5 Å². The molecule has 198 valence electrons. The Balaban J connectivity index is 2.68. The number of carbonyl (C=O) groups is 5. The van der Waals surface area contributed by atoms with Gasteiger partial charge in [-0.1, -0.05) is 18.2 Å². The number of fused-ring (bicyclic) bond motifs is 1. The molecule has 0 bridgehead atoms. The van der Waals surface area contributed by atoms with Gasteiger partial charge >= 0.3 is 29.8 Å². The van der Waals surface area contributed by atoms with Crippen molar-refractivity contribution in [3.8, 4) is 0 Å². The number of methoxy groups -OCH3 is 1. The van der Waals surface area contributed by atoms with Crippen LogP contribution in [0, 0.1) is 5.92 Å². The number of aliphatic hydroxyl groups is 1. The van der Waals surface area contributed by atoms with E-state index in [4.69, 9.17) is 23.7 Å². The van der Waals surface area contributed by atoms with Crippen LogP contribution in [0.4, 0.5) is 0 Å². The first-order valence-electron chi connectivity index (χ1n) is 11.3. The SMILES string of the molecule is C=C1C(=O)OC2/C=C(/C)CC/C=C(/C(=O)OC)C(OC(C)=O)C(OC(=O)C(C)(O)C(C)OC(C)=O)C12. The monoisotopic (exact) mass is 508 g/mol. The van der Waals surface area contributed by atoms with Crippen molar-refractivity contribution in [3.05, 3.63) is 35.5 Å². The van der Waals surface area contributed by atoms with E-state index in [1.807, 2.05) is 0 Å². The Labute approximate surface area is 209 Å². The van der Waals surface area contributed by atoms with Gasteiger partial charge in [-0.2, -0.15) is 0 Å². The lowest BCUT2D eigenvalue weighted by Crippen LogP contribution is -2.53. The van der Waals surface area contributed by atoms with Crippen LogP contribution < -0.4 is 0 Å². The fourth-order valence-corrected chi connectivity index (χ4v) is 3.96. The fourth-order valence-electron chi connectivity index (χ4n) is 3.96. The summed E-state index contributed by atoms with van der Waals surface area (Å²) in [7, 11) is 1.13. The van der Waals surface area contributed by atoms with Crippen LogP contribution in [-0.4, -0.2) is 72.1 Å². The number of hydrogen-bond acceptors (Lipinski definition) is 11. The summed E-state index contributed by atoms with van der Waals surface area (Å²) >= 11 is 0. The van der Waals surface area contributed by atoms with E-state index in [-0.39, 0.29) is 11.1 Å². The van der Waals surface area contributed by atoms with E-state index in [1.54, 1.807) is 13.0 Å². The van der Waals surface area contributed by atoms with Crippen LogP contribution in [0.15, 0.2) is 35.5 Å². The number of ether oxygens (including phenoxy) is 5. The number of esters is 5. The smallest absolute Gasteiger partial charge is 0.342 e. The molecule has 1 fully saturated rings. The molecule has 1 saturated heterocycles. The lowest BCUT2D eigenvalue weighted by atomic mass is 9.83. The molecular weight excluding hydrogens is 476 g/mol. The lowest BCUT2D eigenvalue weighted by molar-refractivity contribution is -0.196. The van der Waals surface area contributed by atoms with Gasteiger partial charge in [-0.3, -0.25) is 9.59 Å². The Morgan fingerprint density at radius 1 is 1.19 bits per heavy atom. The Morgan fingerprint density at radius 2 is 1.83 bits per heavy atom. The normalized spacial score (nSPS) is 29.5. The highest BCUT2D eigenvalue weighted by atomic mass is 16.6. The molecule has 6 atom stereocenters. The fraction of sp³-hybridized carbons (Fsp3) is 0.560. The molecule has 11 nitrogen and oxygen atoms in total. The third kappa shape index (κ3) is 6.39. The van der Waals surface area contributed by atoms with E-state index >= 15 is 0 Å². The molecular formula is C25H32O11. The summed E-state index contributed by atoms with van der Waals surface area (Å²) in [6, 6.07) is 0. The molecule has 1 aliphatic carbocycles. The minimum Gasteiger partial charge on any atom is -0.466 e. The summed E-state index contributed by atoms with van der Waals surface area (Å²) in [5, 5.41) is 10.8. The van der Waals surface area contributed by atoms with Crippen LogP contribution in [-0.2, 0) is 47.7 Å². The topological polar surface area (TPSA) is 152 Å². The minimum atomic E-state index is -2.34. The second kappa shape index (κ2) is 11.5. The van der Waals surface area contributed by atoms with Gasteiger partial charge in [0, 0.05) is 19.4 Å². The van der Waals surface area contributed by atoms with Crippen molar-refractivity contribution >= 4 is 29.8 Å². The first-order valence-corrected chi connectivity index (χ1v) is 11.3. The van der Waals surface area contributed by atoms with Gasteiger partial charge in [0.1, 0.15) is 12.2 Å². The highest BCUT2D eigenvalue weighted by Crippen LogP contribution is 2.38. The van der Waals surface area contributed by atoms with Gasteiger partial charge in [0.2, 0.25) is 0 Å². The van der Waals surface area contributed by atoms with Gasteiger partial charge in [0.05, 0.1) is 18.6 Å². The second-order valence-electron chi connectivity index (χ2n) is 8.92. The van der Waals surface area contributed by atoms with Crippen molar-refractivity contribution in [2.75, 3.05) is 7.11 Å². The minimum absolute atomic E-state index is 0.0866. The zero-order chi connectivity index (χ0) is 27.4. The molecule has 2 aliphatic rings. The zero-order valence-corrected chi connectivity index (χ0v) is 21.2. The van der Waals surface area contributed by atoms with Crippen molar-refractivity contribution in [3.63, 3.8) is 0 Å². The molecule has 36 heavy (non-hydrogen) atoms. The molecule has 0 aromatic carbocycles. The summed E-state index contributed by atoms with van der Waals surface area (Å²) in [6.07, 6.45) is -1.39. The van der Waals surface area contributed by atoms with Gasteiger partial charge < -0.3 is 28.8 Å². The maximum atomic E-state index is 13.2. The van der Waals surface area contributed by atoms with Gasteiger partial charge in [-0.05, 0) is 39.7 Å². The first-order chi connectivity index (χ1) is 16.7. The van der Waals surface area contributed by atoms with Gasteiger partial charge in [-0.25, -0.2) is 14.4 Å². The molecule has 1 aliphatic heterocycles. The third-order valence-electron chi connectivity index (χ3n) is 6.08. The highest BCUT2D eigenvalue weighted by molar-refractivity contribution is 5.93. The molecule has 0 aromatic heterocycles. The summed E-state index contributed by atoms with van der Waals surface area (Å²) in [5.41, 5.74) is -1.74. The van der Waals surface area contributed by atoms with Crippen molar-refractivity contribution in [2.24, 2.45) is 5.92 Å². The van der Waals surface area contributed by atoms with Gasteiger partial charge in [0.25, 0.3) is 0 Å². The van der Waals surface area contributed by atoms with Gasteiger partial charge in [0.15, 0.2) is 17.8 Å². The van der Waals surface area contributed by atoms with Crippen molar-refractivity contribution in [1.82, 2.24) is 0 Å². The standard InChI is InChI=1S/C25H32O11/c1-12-9-8-10-17(23(29)32-7)20(34-16(5)27)21(19-13(2)22(28)35-18(19)11-12)36-24(30)25(6,31)14(3)33-15(4)26/h10-11,14,18-21,31H,2,8-9H2,1,3-7H3/b12-11-,17-10+. The Hall–Kier alpha value is -3.47. The van der Waals surface area contributed by atoms with Crippen LogP contribution >= 0.6 is 0 Å². The molecule has 1 heterocycles. The predicted octanol–water partition coefficient (Wildman–Crippen LogP) is 1.47. The predicted molar refractivity (Wildman–Crippen MR) is 123 cm³/mol. The van der Waals surface area contributed by atoms with Crippen molar-refractivity contribution < 1.29 is 52.8 Å². The summed E-state index contributed by atoms with van der Waals surface area (Å²) in [4.78, 5) is 61.9. The Morgan fingerprint density at radius 3 is 2.39 bits per heavy atom. The largest absolute Gasteiger partial charge is 0.466 e. The molecule has 0 saturated carbocycles. The summed E-state index contributed by atoms with van der Waals surface area (Å²) in [6.45, 7) is 10.1. The van der Waals surface area contributed by atoms with Crippen LogP contribution in [0.2, 0.25) is 0 Å². The number of carbonyl (C=O) groups excluding carboxylic acids is 5. The van der Waals surface area contributed by atoms with E-state index in [2.05, 4.69) is 6.58 Å². The summed E-state index contributed by atoms with van der Waals surface area (Å²) in [5.74, 6) is -5.52. The van der Waals surface area contributed by atoms with E-state index in [1.165, 1.54) is 13.0 Å². The molecule has 0 spiro atoms. The zero-order valence-electron chi connectivity index (χ0n) is 21.2. The third-order valence-corrected chi connectivity index (χ3v) is 6.08. The van der Waals surface area contributed by atoms with E-state index in [0.29, 0.717) is 12.8 Å². The second-order valence-corrected chi connectivity index (χ2v) is 8.92. The van der Waals surface area contributed by atoms with Crippen molar-refractivity contribution in [2.45, 2.75) is 77.5 Å². The van der Waals surface area contributed by atoms with Crippen LogP contribution in [0.3, 0.4) is 0 Å². The number of hydrogen-bond donors (Lipinski definition) is 1. The molecule has 2 rings (SSSR count). The average molecular weight is 509 g/mol. The number of allylic oxidation sites excluding steroid dienone is 2. The Kier molecular flexibility index (Phi) is 9.20. The van der Waals surface area contributed by atoms with E-state index < -0.39 is 65.8 Å². The van der Waals surface area contributed by atoms with Crippen LogP contribution in [0.5, 0.6) is 0 Å². The van der Waals surface area contributed by atoms with Crippen molar-refractivity contribution in [1.29, 1.82) is 0 Å². The molecule has 0 radical (unpaired) electrons. The van der Waals surface area contributed by atoms with Crippen LogP contribution in [0.1, 0.15) is 47.5 Å². The molecule has 11 heteroatoms. The van der Waals surface area contributed by atoms with Gasteiger partial charge in [-0.15, -0.1) is 0 Å². The lowest BCUT2D eigenvalue weighted by Gasteiger charge is -2.36. The molecule has 0 aromatic rings. The first kappa shape index (κ1) is 28.8. The molecule has 0 amide bonds. The highest BCUT2D eigenvalue weighted by Gasteiger charge is 2.52. The Bertz CT molecular complexity index is 1000. The van der Waals surface area contributed by atoms with Crippen LogP contribution in [0.25, 0.3) is 0 Å². The average Bonchev–Trinajstić information content (AvgIpc) is 3.04.